The fraction of sp³-hybridized carbons (Fsp3) is 0.867. The average Bonchev–Trinajstić information content (AvgIpc) is 2.55. The molecule has 0 atom stereocenters. The van der Waals surface area contributed by atoms with E-state index in [0.29, 0.717) is 52.7 Å². The molecule has 0 saturated carbocycles. The van der Waals surface area contributed by atoms with E-state index in [0.717, 1.165) is 0 Å². The first-order chi connectivity index (χ1) is 12.1. The first kappa shape index (κ1) is 31.2. The van der Waals surface area contributed by atoms with Crippen LogP contribution in [0.25, 0.3) is 0 Å². The molecule has 0 spiro atoms. The molecule has 1 aliphatic rings. The van der Waals surface area contributed by atoms with Crippen LogP contribution in [0.5, 0.6) is 0 Å². The molecule has 150 valence electrons. The Balaban J connectivity index is 0. The Kier molecular flexibility index (Phi) is 24.5. The summed E-state index contributed by atoms with van der Waals surface area (Å²) in [7, 11) is 0. The molecule has 0 aliphatic carbocycles. The zero-order valence-corrected chi connectivity index (χ0v) is 14.4. The number of hydrogen-bond donors (Lipinski definition) is 3. The molecule has 1 heterocycles. The van der Waals surface area contributed by atoms with Gasteiger partial charge in [0.15, 0.2) is 0 Å². The molecule has 0 bridgehead atoms. The van der Waals surface area contributed by atoms with Crippen molar-refractivity contribution in [3.8, 4) is 0 Å². The Morgan fingerprint density at radius 2 is 1.07 bits per heavy atom. The molecule has 12 heteroatoms. The van der Waals surface area contributed by atoms with Gasteiger partial charge in [0, 0.05) is 26.2 Å². The zero-order valence-electron chi connectivity index (χ0n) is 14.4. The van der Waals surface area contributed by atoms with Crippen LogP contribution in [0.1, 0.15) is 0 Å². The molecule has 0 aromatic heterocycles. The molecule has 10 nitrogen and oxygen atoms in total. The van der Waals surface area contributed by atoms with Gasteiger partial charge >= 0.3 is 115 Å². The first-order valence-electron chi connectivity index (χ1n) is 8.34. The molecular weight excluding hydrogens is 414 g/mol. The Bertz CT molecular complexity index is 361. The van der Waals surface area contributed by atoms with Crippen LogP contribution in [0.3, 0.4) is 0 Å². The van der Waals surface area contributed by atoms with Gasteiger partial charge in [-0.25, -0.2) is 9.59 Å². The van der Waals surface area contributed by atoms with Gasteiger partial charge in [-0.15, -0.1) is 0 Å². The second-order valence-electron chi connectivity index (χ2n) is 5.31. The van der Waals surface area contributed by atoms with Crippen molar-refractivity contribution in [1.82, 2.24) is 10.2 Å². The quantitative estimate of drug-likeness (QED) is 0.310. The van der Waals surface area contributed by atoms with Gasteiger partial charge in [-0.3, -0.25) is 4.90 Å². The second-order valence-corrected chi connectivity index (χ2v) is 5.31. The van der Waals surface area contributed by atoms with Crippen molar-refractivity contribution >= 4 is 115 Å². The standard InChI is InChI=1S/C15H28N2O8.2K.2H/c18-14(19)13(15(20)21)17-3-7-24-11-9-22-5-1-16-2-6-23-10-12-25-8-4-17;;;;/h13,16H,1-12H2,(H,18,19)(H,20,21);;;;. The molecule has 0 amide bonds. The first-order valence-corrected chi connectivity index (χ1v) is 8.34. The van der Waals surface area contributed by atoms with E-state index in [1.807, 2.05) is 0 Å². The SMILES string of the molecule is O=C(O)C(C(=O)O)N1CCOCCOCCNCCOCCOCC1.[KH].[KH]. The van der Waals surface area contributed by atoms with Crippen LogP contribution < -0.4 is 5.32 Å². The number of nitrogens with zero attached hydrogens (tertiary/aromatic N) is 1. The normalized spacial score (nSPS) is 19.7. The average molecular weight is 445 g/mol. The Morgan fingerprint density at radius 1 is 0.704 bits per heavy atom. The van der Waals surface area contributed by atoms with Gasteiger partial charge in [0.1, 0.15) is 0 Å². The van der Waals surface area contributed by atoms with Crippen LogP contribution in [0.4, 0.5) is 0 Å². The summed E-state index contributed by atoms with van der Waals surface area (Å²) in [5.74, 6) is -2.82. The number of carboxylic acids is 2. The monoisotopic (exact) mass is 444 g/mol. The molecule has 1 rings (SSSR count). The van der Waals surface area contributed by atoms with E-state index < -0.39 is 18.0 Å². The van der Waals surface area contributed by atoms with Crippen LogP contribution >= 0.6 is 0 Å². The Morgan fingerprint density at radius 3 is 1.44 bits per heavy atom. The topological polar surface area (TPSA) is 127 Å². The van der Waals surface area contributed by atoms with Gasteiger partial charge in [0.25, 0.3) is 0 Å². The van der Waals surface area contributed by atoms with Crippen LogP contribution in [-0.2, 0) is 28.5 Å². The molecule has 0 aromatic rings. The van der Waals surface area contributed by atoms with E-state index in [9.17, 15) is 9.59 Å². The summed E-state index contributed by atoms with van der Waals surface area (Å²) in [6.07, 6.45) is 0. The van der Waals surface area contributed by atoms with Crippen LogP contribution in [0, 0.1) is 0 Å². The predicted molar refractivity (Wildman–Crippen MR) is 101 cm³/mol. The van der Waals surface area contributed by atoms with E-state index >= 15 is 0 Å². The fourth-order valence-electron chi connectivity index (χ4n) is 2.21. The molecule has 1 saturated heterocycles. The maximum absolute atomic E-state index is 11.2. The van der Waals surface area contributed by atoms with Crippen LogP contribution in [-0.4, -0.2) is 215 Å². The van der Waals surface area contributed by atoms with Gasteiger partial charge in [0.2, 0.25) is 6.04 Å². The molecule has 0 radical (unpaired) electrons. The summed E-state index contributed by atoms with van der Waals surface area (Å²) in [5, 5.41) is 21.5. The number of carboxylic acid groups (broad SMARTS) is 2. The summed E-state index contributed by atoms with van der Waals surface area (Å²) >= 11 is 0. The second kappa shape index (κ2) is 21.2. The molecule has 3 N–H and O–H groups in total. The third kappa shape index (κ3) is 16.3. The number of ether oxygens (including phenoxy) is 4. The van der Waals surface area contributed by atoms with Gasteiger partial charge in [0.05, 0.1) is 52.9 Å². The third-order valence-electron chi connectivity index (χ3n) is 3.47. The predicted octanol–water partition coefficient (Wildman–Crippen LogP) is -2.80. The molecule has 1 fully saturated rings. The van der Waals surface area contributed by atoms with Crippen LogP contribution in [0.15, 0.2) is 0 Å². The van der Waals surface area contributed by atoms with E-state index in [1.54, 1.807) is 0 Å². The van der Waals surface area contributed by atoms with Crippen molar-refractivity contribution in [3.05, 3.63) is 0 Å². The minimum atomic E-state index is -1.63. The summed E-state index contributed by atoms with van der Waals surface area (Å²) < 4.78 is 21.5. The van der Waals surface area contributed by atoms with Gasteiger partial charge in [-0.1, -0.05) is 0 Å². The number of rotatable bonds is 3. The van der Waals surface area contributed by atoms with E-state index in [4.69, 9.17) is 29.2 Å². The van der Waals surface area contributed by atoms with E-state index in [2.05, 4.69) is 5.32 Å². The van der Waals surface area contributed by atoms with Crippen molar-refractivity contribution in [1.29, 1.82) is 0 Å². The fourth-order valence-corrected chi connectivity index (χ4v) is 2.21. The summed E-state index contributed by atoms with van der Waals surface area (Å²) in [6, 6.07) is -1.63. The summed E-state index contributed by atoms with van der Waals surface area (Å²) in [6.45, 7) is 4.86. The number of carbonyl (C=O) groups is 2. The molecule has 0 unspecified atom stereocenters. The maximum atomic E-state index is 11.2. The van der Waals surface area contributed by atoms with Crippen LogP contribution in [0.2, 0.25) is 0 Å². The Labute approximate surface area is 244 Å². The van der Waals surface area contributed by atoms with Gasteiger partial charge in [-0.05, 0) is 0 Å². The molecular formula is C15H30K2N2O8. The van der Waals surface area contributed by atoms with Crippen molar-refractivity contribution in [2.45, 2.75) is 6.04 Å². The number of nitrogens with one attached hydrogen (secondary N) is 1. The molecule has 27 heavy (non-hydrogen) atoms. The van der Waals surface area contributed by atoms with E-state index in [1.165, 1.54) is 4.90 Å². The van der Waals surface area contributed by atoms with E-state index in [-0.39, 0.29) is 129 Å². The van der Waals surface area contributed by atoms with Gasteiger partial charge in [-0.2, -0.15) is 0 Å². The molecule has 1 aliphatic heterocycles. The van der Waals surface area contributed by atoms with Crippen molar-refractivity contribution in [2.24, 2.45) is 0 Å². The zero-order chi connectivity index (χ0) is 18.3. The van der Waals surface area contributed by atoms with Crippen molar-refractivity contribution < 1.29 is 38.7 Å². The number of aliphatic carboxylic acids is 2. The van der Waals surface area contributed by atoms with Crippen molar-refractivity contribution in [2.75, 3.05) is 79.0 Å². The number of hydrogen-bond acceptors (Lipinski definition) is 8. The molecule has 0 aromatic carbocycles. The third-order valence-corrected chi connectivity index (χ3v) is 3.47. The summed E-state index contributed by atoms with van der Waals surface area (Å²) in [5.41, 5.74) is 0. The van der Waals surface area contributed by atoms with Gasteiger partial charge < -0.3 is 34.5 Å². The minimum absolute atomic E-state index is 0. The van der Waals surface area contributed by atoms with Crippen molar-refractivity contribution in [3.63, 3.8) is 0 Å². The summed E-state index contributed by atoms with van der Waals surface area (Å²) in [4.78, 5) is 23.8. The Hall–Kier alpha value is 1.97.